The van der Waals surface area contributed by atoms with Gasteiger partial charge in [0.15, 0.2) is 0 Å². The molecular formula is C21H25N3O4S. The minimum Gasteiger partial charge on any atom is -0.336 e. The Balaban J connectivity index is 1.65. The highest BCUT2D eigenvalue weighted by atomic mass is 32.2. The van der Waals surface area contributed by atoms with E-state index in [2.05, 4.69) is 5.32 Å². The number of rotatable bonds is 4. The predicted molar refractivity (Wildman–Crippen MR) is 111 cm³/mol. The second-order valence-corrected chi connectivity index (χ2v) is 9.14. The van der Waals surface area contributed by atoms with E-state index in [-0.39, 0.29) is 29.8 Å². The summed E-state index contributed by atoms with van der Waals surface area (Å²) >= 11 is 0. The zero-order chi connectivity index (χ0) is 21.2. The van der Waals surface area contributed by atoms with Crippen LogP contribution in [0.1, 0.15) is 28.4 Å². The Morgan fingerprint density at radius 1 is 0.897 bits per heavy atom. The summed E-state index contributed by atoms with van der Waals surface area (Å²) in [4.78, 5) is 25.7. The third kappa shape index (κ3) is 4.65. The number of nitrogens with one attached hydrogen (secondary N) is 1. The van der Waals surface area contributed by atoms with Crippen LogP contribution < -0.4 is 5.32 Å². The molecule has 0 atom stereocenters. The fourth-order valence-corrected chi connectivity index (χ4v) is 4.74. The normalized spacial score (nSPS) is 15.2. The van der Waals surface area contributed by atoms with E-state index >= 15 is 0 Å². The molecule has 0 spiro atoms. The lowest BCUT2D eigenvalue weighted by Crippen LogP contribution is -2.50. The van der Waals surface area contributed by atoms with Gasteiger partial charge in [0.2, 0.25) is 15.9 Å². The largest absolute Gasteiger partial charge is 0.336 e. The van der Waals surface area contributed by atoms with Crippen LogP contribution in [0.3, 0.4) is 0 Å². The van der Waals surface area contributed by atoms with Crippen LogP contribution in [-0.4, -0.2) is 55.6 Å². The summed E-state index contributed by atoms with van der Waals surface area (Å²) in [6.07, 6.45) is 0. The smallest absolute Gasteiger partial charge is 0.253 e. The third-order valence-corrected chi connectivity index (χ3v) is 6.99. The van der Waals surface area contributed by atoms with Gasteiger partial charge in [-0.1, -0.05) is 6.07 Å². The minimum atomic E-state index is -3.58. The Kier molecular flexibility index (Phi) is 6.04. The number of anilines is 1. The van der Waals surface area contributed by atoms with E-state index in [1.165, 1.54) is 11.2 Å². The summed E-state index contributed by atoms with van der Waals surface area (Å²) in [7, 11) is -3.58. The maximum atomic E-state index is 12.9. The summed E-state index contributed by atoms with van der Waals surface area (Å²) in [6, 6.07) is 11.8. The van der Waals surface area contributed by atoms with Crippen LogP contribution in [0, 0.1) is 13.8 Å². The van der Waals surface area contributed by atoms with Gasteiger partial charge >= 0.3 is 0 Å². The number of hydrogen-bond acceptors (Lipinski definition) is 4. The summed E-state index contributed by atoms with van der Waals surface area (Å²) < 4.78 is 27.3. The number of hydrogen-bond donors (Lipinski definition) is 1. The van der Waals surface area contributed by atoms with Gasteiger partial charge in [-0.15, -0.1) is 0 Å². The summed E-state index contributed by atoms with van der Waals surface area (Å²) in [6.45, 7) is 6.42. The van der Waals surface area contributed by atoms with Gasteiger partial charge in [0.1, 0.15) is 0 Å². The fraction of sp³-hybridized carbons (Fsp3) is 0.333. The maximum Gasteiger partial charge on any atom is 0.253 e. The first-order valence-corrected chi connectivity index (χ1v) is 10.9. The van der Waals surface area contributed by atoms with Gasteiger partial charge in [-0.3, -0.25) is 9.59 Å². The van der Waals surface area contributed by atoms with Crippen molar-refractivity contribution in [2.45, 2.75) is 25.7 Å². The molecule has 2 amide bonds. The van der Waals surface area contributed by atoms with Gasteiger partial charge < -0.3 is 10.2 Å². The molecule has 0 saturated carbocycles. The molecule has 2 aromatic carbocycles. The van der Waals surface area contributed by atoms with Crippen molar-refractivity contribution in [3.8, 4) is 0 Å². The van der Waals surface area contributed by atoms with E-state index in [1.54, 1.807) is 41.3 Å². The molecular weight excluding hydrogens is 390 g/mol. The SMILES string of the molecule is CC(=O)Nc1ccc(C(=O)N2CCN(S(=O)(=O)c3ccc(C)c(C)c3)CC2)cc1. The van der Waals surface area contributed by atoms with Crippen molar-refractivity contribution < 1.29 is 18.0 Å². The first-order chi connectivity index (χ1) is 13.7. The zero-order valence-electron chi connectivity index (χ0n) is 16.8. The summed E-state index contributed by atoms with van der Waals surface area (Å²) in [5.74, 6) is -0.326. The fourth-order valence-electron chi connectivity index (χ4n) is 3.24. The van der Waals surface area contributed by atoms with E-state index in [9.17, 15) is 18.0 Å². The molecule has 8 heteroatoms. The van der Waals surface area contributed by atoms with Crippen molar-refractivity contribution in [3.63, 3.8) is 0 Å². The number of amides is 2. The van der Waals surface area contributed by atoms with E-state index < -0.39 is 10.0 Å². The molecule has 1 saturated heterocycles. The summed E-state index contributed by atoms with van der Waals surface area (Å²) in [5, 5.41) is 2.66. The Bertz CT molecular complexity index is 1020. The molecule has 0 bridgehead atoms. The molecule has 0 radical (unpaired) electrons. The standard InChI is InChI=1S/C21H25N3O4S/c1-15-4-9-20(14-16(15)2)29(27,28)24-12-10-23(11-13-24)21(26)18-5-7-19(8-6-18)22-17(3)25/h4-9,14H,10-13H2,1-3H3,(H,22,25). The lowest BCUT2D eigenvalue weighted by atomic mass is 10.1. The molecule has 29 heavy (non-hydrogen) atoms. The van der Waals surface area contributed by atoms with Crippen LogP contribution >= 0.6 is 0 Å². The van der Waals surface area contributed by atoms with E-state index in [4.69, 9.17) is 0 Å². The molecule has 1 N–H and O–H groups in total. The predicted octanol–water partition coefficient (Wildman–Crippen LogP) is 2.41. The first-order valence-electron chi connectivity index (χ1n) is 9.43. The molecule has 1 fully saturated rings. The lowest BCUT2D eigenvalue weighted by molar-refractivity contribution is -0.114. The van der Waals surface area contributed by atoms with Crippen LogP contribution in [0.25, 0.3) is 0 Å². The average molecular weight is 416 g/mol. The van der Waals surface area contributed by atoms with Crippen LogP contribution in [0.5, 0.6) is 0 Å². The van der Waals surface area contributed by atoms with E-state index in [1.807, 2.05) is 19.9 Å². The second-order valence-electron chi connectivity index (χ2n) is 7.20. The molecule has 1 aliphatic heterocycles. The van der Waals surface area contributed by atoms with Gasteiger partial charge in [-0.2, -0.15) is 4.31 Å². The Hall–Kier alpha value is -2.71. The van der Waals surface area contributed by atoms with Gasteiger partial charge in [0.25, 0.3) is 5.91 Å². The van der Waals surface area contributed by atoms with E-state index in [0.717, 1.165) is 11.1 Å². The zero-order valence-corrected chi connectivity index (χ0v) is 17.6. The molecule has 3 rings (SSSR count). The number of benzene rings is 2. The van der Waals surface area contributed by atoms with Crippen LogP contribution in [0.15, 0.2) is 47.4 Å². The van der Waals surface area contributed by atoms with Crippen molar-refractivity contribution in [2.75, 3.05) is 31.5 Å². The molecule has 154 valence electrons. The van der Waals surface area contributed by atoms with E-state index in [0.29, 0.717) is 24.3 Å². The second kappa shape index (κ2) is 8.34. The number of carbonyl (C=O) groups excluding carboxylic acids is 2. The topological polar surface area (TPSA) is 86.8 Å². The molecule has 0 aromatic heterocycles. The Morgan fingerprint density at radius 3 is 2.07 bits per heavy atom. The highest BCUT2D eigenvalue weighted by Crippen LogP contribution is 2.21. The molecule has 2 aromatic rings. The quantitative estimate of drug-likeness (QED) is 0.831. The molecule has 7 nitrogen and oxygen atoms in total. The van der Waals surface area contributed by atoms with Gasteiger partial charge in [-0.25, -0.2) is 8.42 Å². The molecule has 1 heterocycles. The third-order valence-electron chi connectivity index (χ3n) is 5.09. The number of piperazine rings is 1. The Morgan fingerprint density at radius 2 is 1.52 bits per heavy atom. The molecule has 0 aliphatic carbocycles. The van der Waals surface area contributed by atoms with Gasteiger partial charge in [0, 0.05) is 44.4 Å². The number of sulfonamides is 1. The summed E-state index contributed by atoms with van der Waals surface area (Å²) in [5.41, 5.74) is 3.11. The van der Waals surface area contributed by atoms with Crippen molar-refractivity contribution in [1.29, 1.82) is 0 Å². The average Bonchev–Trinajstić information content (AvgIpc) is 2.69. The number of nitrogens with zero attached hydrogens (tertiary/aromatic N) is 2. The van der Waals surface area contributed by atoms with Crippen LogP contribution in [-0.2, 0) is 14.8 Å². The Labute approximate surface area is 171 Å². The molecule has 1 aliphatic rings. The first kappa shape index (κ1) is 21.0. The molecule has 0 unspecified atom stereocenters. The number of aryl methyl sites for hydroxylation is 2. The van der Waals surface area contributed by atoms with Gasteiger partial charge in [-0.05, 0) is 61.4 Å². The highest BCUT2D eigenvalue weighted by molar-refractivity contribution is 7.89. The monoisotopic (exact) mass is 415 g/mol. The van der Waals surface area contributed by atoms with Crippen molar-refractivity contribution in [3.05, 3.63) is 59.2 Å². The van der Waals surface area contributed by atoms with Crippen molar-refractivity contribution in [1.82, 2.24) is 9.21 Å². The minimum absolute atomic E-state index is 0.150. The highest BCUT2D eigenvalue weighted by Gasteiger charge is 2.30. The van der Waals surface area contributed by atoms with Gasteiger partial charge in [0.05, 0.1) is 4.90 Å². The maximum absolute atomic E-state index is 12.9. The van der Waals surface area contributed by atoms with Crippen LogP contribution in [0.4, 0.5) is 5.69 Å². The number of carbonyl (C=O) groups is 2. The van der Waals surface area contributed by atoms with Crippen LogP contribution in [0.2, 0.25) is 0 Å². The van der Waals surface area contributed by atoms with Crippen molar-refractivity contribution >= 4 is 27.5 Å². The van der Waals surface area contributed by atoms with Crippen molar-refractivity contribution in [2.24, 2.45) is 0 Å². The lowest BCUT2D eigenvalue weighted by Gasteiger charge is -2.34.